The second-order valence-corrected chi connectivity index (χ2v) is 6.77. The van der Waals surface area contributed by atoms with Gasteiger partial charge >= 0.3 is 0 Å². The van der Waals surface area contributed by atoms with Crippen LogP contribution in [0.15, 0.2) is 0 Å². The quantitative estimate of drug-likeness (QED) is 0.675. The van der Waals surface area contributed by atoms with Crippen LogP contribution in [0.4, 0.5) is 0 Å². The maximum absolute atomic E-state index is 3.61. The van der Waals surface area contributed by atoms with Crippen molar-refractivity contribution in [3.63, 3.8) is 0 Å². The van der Waals surface area contributed by atoms with E-state index in [4.69, 9.17) is 0 Å². The third-order valence-electron chi connectivity index (χ3n) is 3.67. The lowest BCUT2D eigenvalue weighted by molar-refractivity contribution is 0.200. The Hall–Kier alpha value is -0.0800. The van der Waals surface area contributed by atoms with E-state index in [9.17, 15) is 0 Å². The molecule has 0 saturated carbocycles. The summed E-state index contributed by atoms with van der Waals surface area (Å²) in [6.07, 6.45) is 2.61. The number of nitrogens with one attached hydrogen (secondary N) is 1. The molecule has 0 heterocycles. The minimum Gasteiger partial charge on any atom is -0.312 e. The molecule has 0 bridgehead atoms. The standard InChI is InChI=1S/C16H36N2/c1-8-15(9-2)13-18(10-3)12-14(4)11-17-16(5,6)7/h14-15,17H,8-13H2,1-7H3. The molecule has 0 saturated heterocycles. The Balaban J connectivity index is 4.03. The van der Waals surface area contributed by atoms with Gasteiger partial charge in [0.05, 0.1) is 0 Å². The summed E-state index contributed by atoms with van der Waals surface area (Å²) in [5.41, 5.74) is 0.237. The average Bonchev–Trinajstić information content (AvgIpc) is 2.31. The van der Waals surface area contributed by atoms with Crippen molar-refractivity contribution in [3.8, 4) is 0 Å². The second-order valence-electron chi connectivity index (χ2n) is 6.77. The molecule has 1 atom stereocenters. The second kappa shape index (κ2) is 8.92. The molecule has 0 rings (SSSR count). The van der Waals surface area contributed by atoms with E-state index in [0.717, 1.165) is 18.4 Å². The van der Waals surface area contributed by atoms with Crippen molar-refractivity contribution >= 4 is 0 Å². The molecule has 2 heteroatoms. The van der Waals surface area contributed by atoms with Gasteiger partial charge in [0.15, 0.2) is 0 Å². The molecule has 0 aromatic carbocycles. The van der Waals surface area contributed by atoms with E-state index in [-0.39, 0.29) is 5.54 Å². The Bertz CT molecular complexity index is 192. The van der Waals surface area contributed by atoms with E-state index in [1.807, 2.05) is 0 Å². The van der Waals surface area contributed by atoms with Gasteiger partial charge in [-0.25, -0.2) is 0 Å². The van der Waals surface area contributed by atoms with Crippen LogP contribution >= 0.6 is 0 Å². The average molecular weight is 256 g/mol. The van der Waals surface area contributed by atoms with E-state index >= 15 is 0 Å². The van der Waals surface area contributed by atoms with Crippen LogP contribution in [0.3, 0.4) is 0 Å². The van der Waals surface area contributed by atoms with Crippen LogP contribution < -0.4 is 5.32 Å². The summed E-state index contributed by atoms with van der Waals surface area (Å²) in [7, 11) is 0. The Morgan fingerprint density at radius 2 is 1.56 bits per heavy atom. The van der Waals surface area contributed by atoms with Gasteiger partial charge in [-0.2, -0.15) is 0 Å². The van der Waals surface area contributed by atoms with E-state index in [0.29, 0.717) is 0 Å². The van der Waals surface area contributed by atoms with Crippen LogP contribution in [0, 0.1) is 11.8 Å². The summed E-state index contributed by atoms with van der Waals surface area (Å²) in [4.78, 5) is 2.62. The van der Waals surface area contributed by atoms with Crippen molar-refractivity contribution in [3.05, 3.63) is 0 Å². The highest BCUT2D eigenvalue weighted by Crippen LogP contribution is 2.11. The maximum atomic E-state index is 3.61. The van der Waals surface area contributed by atoms with E-state index in [2.05, 4.69) is 58.7 Å². The summed E-state index contributed by atoms with van der Waals surface area (Å²) in [6.45, 7) is 20.8. The Morgan fingerprint density at radius 3 is 1.94 bits per heavy atom. The maximum Gasteiger partial charge on any atom is 0.00966 e. The molecular formula is C16H36N2. The zero-order valence-corrected chi connectivity index (χ0v) is 13.8. The fourth-order valence-corrected chi connectivity index (χ4v) is 2.23. The molecule has 0 amide bonds. The zero-order valence-electron chi connectivity index (χ0n) is 13.8. The lowest BCUT2D eigenvalue weighted by Gasteiger charge is -2.30. The summed E-state index contributed by atoms with van der Waals surface area (Å²) in [5.74, 6) is 1.59. The number of hydrogen-bond acceptors (Lipinski definition) is 2. The minimum atomic E-state index is 0.237. The SMILES string of the molecule is CCC(CC)CN(CC)CC(C)CNC(C)(C)C. The molecule has 2 nitrogen and oxygen atoms in total. The molecule has 18 heavy (non-hydrogen) atoms. The third-order valence-corrected chi connectivity index (χ3v) is 3.67. The zero-order chi connectivity index (χ0) is 14.2. The Kier molecular flexibility index (Phi) is 8.89. The fourth-order valence-electron chi connectivity index (χ4n) is 2.23. The summed E-state index contributed by atoms with van der Waals surface area (Å²) in [5, 5.41) is 3.61. The van der Waals surface area contributed by atoms with Crippen molar-refractivity contribution < 1.29 is 0 Å². The molecule has 0 fully saturated rings. The van der Waals surface area contributed by atoms with Gasteiger partial charge in [-0.05, 0) is 45.7 Å². The molecule has 0 aliphatic carbocycles. The minimum absolute atomic E-state index is 0.237. The van der Waals surface area contributed by atoms with Crippen molar-refractivity contribution in [2.75, 3.05) is 26.2 Å². The van der Waals surface area contributed by atoms with Gasteiger partial charge in [-0.15, -0.1) is 0 Å². The molecule has 0 aromatic heterocycles. The van der Waals surface area contributed by atoms with E-state index in [1.54, 1.807) is 0 Å². The predicted molar refractivity (Wildman–Crippen MR) is 83.1 cm³/mol. The van der Waals surface area contributed by atoms with Gasteiger partial charge in [0, 0.05) is 18.6 Å². The molecule has 0 aliphatic heterocycles. The lowest BCUT2D eigenvalue weighted by Crippen LogP contribution is -2.42. The predicted octanol–water partition coefficient (Wildman–Crippen LogP) is 3.77. The monoisotopic (exact) mass is 256 g/mol. The van der Waals surface area contributed by atoms with Crippen LogP contribution in [0.1, 0.15) is 61.3 Å². The first-order chi connectivity index (χ1) is 8.32. The van der Waals surface area contributed by atoms with Crippen LogP contribution in [0.5, 0.6) is 0 Å². The topological polar surface area (TPSA) is 15.3 Å². The highest BCUT2D eigenvalue weighted by Gasteiger charge is 2.15. The normalized spacial score (nSPS) is 14.5. The van der Waals surface area contributed by atoms with Crippen LogP contribution in [0.25, 0.3) is 0 Å². The Morgan fingerprint density at radius 1 is 1.00 bits per heavy atom. The van der Waals surface area contributed by atoms with Crippen molar-refractivity contribution in [2.45, 2.75) is 66.8 Å². The van der Waals surface area contributed by atoms with Gasteiger partial charge in [-0.1, -0.05) is 40.5 Å². The van der Waals surface area contributed by atoms with Gasteiger partial charge in [0.2, 0.25) is 0 Å². The van der Waals surface area contributed by atoms with Gasteiger partial charge < -0.3 is 10.2 Å². The summed E-state index contributed by atoms with van der Waals surface area (Å²) >= 11 is 0. The molecule has 0 spiro atoms. The first kappa shape index (κ1) is 17.9. The Labute approximate surface area is 116 Å². The van der Waals surface area contributed by atoms with Crippen molar-refractivity contribution in [2.24, 2.45) is 11.8 Å². The van der Waals surface area contributed by atoms with Crippen LogP contribution in [0.2, 0.25) is 0 Å². The first-order valence-corrected chi connectivity index (χ1v) is 7.79. The van der Waals surface area contributed by atoms with Gasteiger partial charge in [0.1, 0.15) is 0 Å². The van der Waals surface area contributed by atoms with Crippen LogP contribution in [-0.4, -0.2) is 36.6 Å². The fraction of sp³-hybridized carbons (Fsp3) is 1.00. The highest BCUT2D eigenvalue weighted by atomic mass is 15.1. The van der Waals surface area contributed by atoms with Crippen LogP contribution in [-0.2, 0) is 0 Å². The molecule has 0 radical (unpaired) electrons. The molecule has 1 unspecified atom stereocenters. The van der Waals surface area contributed by atoms with Crippen molar-refractivity contribution in [1.29, 1.82) is 0 Å². The lowest BCUT2D eigenvalue weighted by atomic mass is 10.0. The van der Waals surface area contributed by atoms with Gasteiger partial charge in [-0.3, -0.25) is 0 Å². The van der Waals surface area contributed by atoms with Gasteiger partial charge in [0.25, 0.3) is 0 Å². The van der Waals surface area contributed by atoms with E-state index < -0.39 is 0 Å². The molecule has 0 aliphatic rings. The molecule has 0 aromatic rings. The van der Waals surface area contributed by atoms with Crippen molar-refractivity contribution in [1.82, 2.24) is 10.2 Å². The first-order valence-electron chi connectivity index (χ1n) is 7.79. The highest BCUT2D eigenvalue weighted by molar-refractivity contribution is 4.74. The molecule has 110 valence electrons. The van der Waals surface area contributed by atoms with E-state index in [1.165, 1.54) is 32.5 Å². The molecule has 1 N–H and O–H groups in total. The third kappa shape index (κ3) is 8.93. The summed E-state index contributed by atoms with van der Waals surface area (Å²) < 4.78 is 0. The largest absolute Gasteiger partial charge is 0.312 e. The summed E-state index contributed by atoms with van der Waals surface area (Å²) in [6, 6.07) is 0. The number of hydrogen-bond donors (Lipinski definition) is 1. The smallest absolute Gasteiger partial charge is 0.00966 e. The number of rotatable bonds is 9. The molecular weight excluding hydrogens is 220 g/mol. The number of nitrogens with zero attached hydrogens (tertiary/aromatic N) is 1.